The van der Waals surface area contributed by atoms with Gasteiger partial charge in [0, 0.05) is 24.0 Å². The summed E-state index contributed by atoms with van der Waals surface area (Å²) < 4.78 is 23.9. The Morgan fingerprint density at radius 2 is 1.68 bits per heavy atom. The number of pyridine rings is 2. The summed E-state index contributed by atoms with van der Waals surface area (Å²) in [4.78, 5) is 20.5. The van der Waals surface area contributed by atoms with E-state index in [4.69, 9.17) is 9.47 Å². The van der Waals surface area contributed by atoms with Crippen LogP contribution in [-0.4, -0.2) is 23.0 Å². The number of carbonyl (C=O) groups excluding carboxylic acids is 1. The van der Waals surface area contributed by atoms with Gasteiger partial charge in [-0.3, -0.25) is 4.98 Å². The van der Waals surface area contributed by atoms with Crippen LogP contribution >= 0.6 is 0 Å². The number of nitrogens with zero attached hydrogens (tertiary/aromatic N) is 2. The topological polar surface area (TPSA) is 61.3 Å². The van der Waals surface area contributed by atoms with Gasteiger partial charge in [0.25, 0.3) is 0 Å². The summed E-state index contributed by atoms with van der Waals surface area (Å²) in [5.41, 5.74) is 1.49. The fourth-order valence-corrected chi connectivity index (χ4v) is 2.31. The van der Waals surface area contributed by atoms with Crippen LogP contribution in [0.25, 0.3) is 0 Å². The molecular formula is C19H15FN2O3. The second-order valence-electron chi connectivity index (χ2n) is 5.18. The highest BCUT2D eigenvalue weighted by Crippen LogP contribution is 2.27. The van der Waals surface area contributed by atoms with Crippen molar-refractivity contribution in [3.63, 3.8) is 0 Å². The van der Waals surface area contributed by atoms with Gasteiger partial charge in [0.1, 0.15) is 5.82 Å². The smallest absolute Gasteiger partial charge is 0.358 e. The molecule has 0 bridgehead atoms. The van der Waals surface area contributed by atoms with Gasteiger partial charge in [0.15, 0.2) is 11.8 Å². The predicted molar refractivity (Wildman–Crippen MR) is 88.7 cm³/mol. The first-order valence-corrected chi connectivity index (χ1v) is 7.55. The first-order valence-electron chi connectivity index (χ1n) is 7.55. The third-order valence-electron chi connectivity index (χ3n) is 3.55. The molecule has 0 aliphatic heterocycles. The van der Waals surface area contributed by atoms with E-state index in [9.17, 15) is 9.18 Å². The molecule has 0 spiro atoms. The summed E-state index contributed by atoms with van der Waals surface area (Å²) in [6, 6.07) is 14.1. The molecule has 0 N–H and O–H groups in total. The minimum absolute atomic E-state index is 0.125. The second kappa shape index (κ2) is 7.53. The number of esters is 1. The lowest BCUT2D eigenvalue weighted by molar-refractivity contribution is 0.0370. The number of aromatic nitrogens is 2. The van der Waals surface area contributed by atoms with Gasteiger partial charge >= 0.3 is 5.97 Å². The average molecular weight is 338 g/mol. The Bertz CT molecular complexity index is 854. The normalized spacial score (nSPS) is 11.6. The van der Waals surface area contributed by atoms with Crippen LogP contribution < -0.4 is 4.74 Å². The van der Waals surface area contributed by atoms with Crippen LogP contribution in [-0.2, 0) is 4.74 Å². The Hall–Kier alpha value is -3.28. The molecule has 2 aromatic heterocycles. The highest BCUT2D eigenvalue weighted by Gasteiger charge is 2.21. The van der Waals surface area contributed by atoms with Crippen molar-refractivity contribution >= 4 is 5.97 Å². The molecule has 0 fully saturated rings. The molecule has 2 heterocycles. The molecule has 0 saturated carbocycles. The third kappa shape index (κ3) is 3.98. The number of ether oxygens (including phenoxy) is 2. The van der Waals surface area contributed by atoms with Crippen molar-refractivity contribution in [2.24, 2.45) is 0 Å². The quantitative estimate of drug-likeness (QED) is 0.666. The molecule has 1 aromatic carbocycles. The molecule has 0 amide bonds. The molecule has 6 heteroatoms. The first kappa shape index (κ1) is 16.6. The van der Waals surface area contributed by atoms with Crippen molar-refractivity contribution in [3.05, 3.63) is 89.6 Å². The van der Waals surface area contributed by atoms with E-state index in [0.29, 0.717) is 11.4 Å². The van der Waals surface area contributed by atoms with Crippen molar-refractivity contribution < 1.29 is 18.7 Å². The number of benzene rings is 1. The molecule has 0 aliphatic rings. The van der Waals surface area contributed by atoms with Crippen LogP contribution in [0, 0.1) is 5.82 Å². The number of halogens is 1. The zero-order chi connectivity index (χ0) is 17.6. The van der Waals surface area contributed by atoms with E-state index in [1.807, 2.05) is 0 Å². The van der Waals surface area contributed by atoms with Crippen LogP contribution in [0.15, 0.2) is 67.0 Å². The molecule has 25 heavy (non-hydrogen) atoms. The van der Waals surface area contributed by atoms with E-state index in [0.717, 1.165) is 5.56 Å². The van der Waals surface area contributed by atoms with Crippen molar-refractivity contribution in [1.82, 2.24) is 9.97 Å². The van der Waals surface area contributed by atoms with Crippen molar-refractivity contribution in [2.75, 3.05) is 7.11 Å². The van der Waals surface area contributed by atoms with Gasteiger partial charge < -0.3 is 9.47 Å². The second-order valence-corrected chi connectivity index (χ2v) is 5.18. The minimum Gasteiger partial charge on any atom is -0.481 e. The number of rotatable bonds is 5. The maximum atomic E-state index is 13.2. The molecule has 3 rings (SSSR count). The Labute approximate surface area is 144 Å². The lowest BCUT2D eigenvalue weighted by Gasteiger charge is -2.18. The lowest BCUT2D eigenvalue weighted by Crippen LogP contribution is -2.14. The largest absolute Gasteiger partial charge is 0.481 e. The zero-order valence-corrected chi connectivity index (χ0v) is 13.4. The molecule has 5 nitrogen and oxygen atoms in total. The number of carbonyl (C=O) groups is 1. The summed E-state index contributed by atoms with van der Waals surface area (Å²) in [6.45, 7) is 0. The van der Waals surface area contributed by atoms with Gasteiger partial charge in [-0.15, -0.1) is 0 Å². The summed E-state index contributed by atoms with van der Waals surface area (Å²) in [5.74, 6) is -0.653. The van der Waals surface area contributed by atoms with Gasteiger partial charge in [-0.1, -0.05) is 18.2 Å². The molecule has 0 aliphatic carbocycles. The Morgan fingerprint density at radius 3 is 2.36 bits per heavy atom. The fraction of sp³-hybridized carbons (Fsp3) is 0.105. The fourth-order valence-electron chi connectivity index (χ4n) is 2.31. The summed E-state index contributed by atoms with van der Waals surface area (Å²) in [6.07, 6.45) is 2.50. The van der Waals surface area contributed by atoms with Crippen LogP contribution in [0.4, 0.5) is 4.39 Å². The molecule has 0 saturated heterocycles. The first-order chi connectivity index (χ1) is 12.2. The molecular weight excluding hydrogens is 323 g/mol. The van der Waals surface area contributed by atoms with E-state index in [2.05, 4.69) is 9.97 Å². The monoisotopic (exact) mass is 338 g/mol. The Kier molecular flexibility index (Phi) is 4.99. The third-order valence-corrected chi connectivity index (χ3v) is 3.55. The van der Waals surface area contributed by atoms with E-state index in [1.165, 1.54) is 19.2 Å². The number of methoxy groups -OCH3 is 1. The number of hydrogen-bond acceptors (Lipinski definition) is 5. The minimum atomic E-state index is -0.705. The zero-order valence-electron chi connectivity index (χ0n) is 13.4. The molecule has 126 valence electrons. The van der Waals surface area contributed by atoms with E-state index in [1.54, 1.807) is 54.9 Å². The predicted octanol–water partition coefficient (Wildman–Crippen LogP) is 3.57. The highest BCUT2D eigenvalue weighted by atomic mass is 19.1. The summed E-state index contributed by atoms with van der Waals surface area (Å²) in [5, 5.41) is 0. The van der Waals surface area contributed by atoms with Crippen LogP contribution in [0.1, 0.15) is 27.7 Å². The maximum Gasteiger partial charge on any atom is 0.358 e. The molecule has 3 aromatic rings. The van der Waals surface area contributed by atoms with E-state index < -0.39 is 12.1 Å². The van der Waals surface area contributed by atoms with Gasteiger partial charge in [-0.05, 0) is 35.9 Å². The Morgan fingerprint density at radius 1 is 1.00 bits per heavy atom. The van der Waals surface area contributed by atoms with Crippen molar-refractivity contribution in [2.45, 2.75) is 6.10 Å². The van der Waals surface area contributed by atoms with Crippen LogP contribution in [0.5, 0.6) is 5.88 Å². The SMILES string of the molecule is COc1cccc(C(=O)O[C@H](c2ccncc2)c2ccc(F)cc2)n1. The van der Waals surface area contributed by atoms with Crippen molar-refractivity contribution in [3.8, 4) is 5.88 Å². The van der Waals surface area contributed by atoms with Crippen LogP contribution in [0.3, 0.4) is 0 Å². The molecule has 0 unspecified atom stereocenters. The average Bonchev–Trinajstić information content (AvgIpc) is 2.67. The van der Waals surface area contributed by atoms with Gasteiger partial charge in [-0.2, -0.15) is 0 Å². The molecule has 1 atom stereocenters. The van der Waals surface area contributed by atoms with E-state index >= 15 is 0 Å². The summed E-state index contributed by atoms with van der Waals surface area (Å²) in [7, 11) is 1.47. The van der Waals surface area contributed by atoms with Crippen LogP contribution in [0.2, 0.25) is 0 Å². The maximum absolute atomic E-state index is 13.2. The lowest BCUT2D eigenvalue weighted by atomic mass is 10.0. The Balaban J connectivity index is 1.92. The summed E-state index contributed by atoms with van der Waals surface area (Å²) >= 11 is 0. The van der Waals surface area contributed by atoms with Crippen molar-refractivity contribution in [1.29, 1.82) is 0 Å². The van der Waals surface area contributed by atoms with Gasteiger partial charge in [0.05, 0.1) is 7.11 Å². The van der Waals surface area contributed by atoms with Gasteiger partial charge in [0.2, 0.25) is 5.88 Å². The molecule has 0 radical (unpaired) electrons. The van der Waals surface area contributed by atoms with E-state index in [-0.39, 0.29) is 11.5 Å². The number of hydrogen-bond donors (Lipinski definition) is 0. The highest BCUT2D eigenvalue weighted by molar-refractivity contribution is 5.87. The van der Waals surface area contributed by atoms with Gasteiger partial charge in [-0.25, -0.2) is 14.2 Å². The standard InChI is InChI=1S/C19H15FN2O3/c1-24-17-4-2-3-16(22-17)19(23)25-18(14-9-11-21-12-10-14)13-5-7-15(20)8-6-13/h2-12,18H,1H3/t18-/m0/s1.